The molecule has 2 heterocycles. The molecule has 0 radical (unpaired) electrons. The lowest BCUT2D eigenvalue weighted by Gasteiger charge is -2.36. The van der Waals surface area contributed by atoms with Crippen LogP contribution in [-0.2, 0) is 16.1 Å². The minimum absolute atomic E-state index is 0.0278. The Hall–Kier alpha value is -2.48. The van der Waals surface area contributed by atoms with Crippen molar-refractivity contribution in [1.82, 2.24) is 9.88 Å². The molecule has 1 aromatic heterocycles. The van der Waals surface area contributed by atoms with Gasteiger partial charge in [0.25, 0.3) is 0 Å². The molecule has 1 N–H and O–H groups in total. The third-order valence-electron chi connectivity index (χ3n) is 5.09. The van der Waals surface area contributed by atoms with E-state index in [1.165, 1.54) is 4.70 Å². The summed E-state index contributed by atoms with van der Waals surface area (Å²) in [6.07, 6.45) is 0.443. The number of rotatable bonds is 6. The second-order valence-electron chi connectivity index (χ2n) is 8.00. The van der Waals surface area contributed by atoms with Crippen LogP contribution in [0.4, 0.5) is 11.4 Å². The number of carbonyl (C=O) groups excluding carboxylic acids is 1. The second-order valence-corrected chi connectivity index (χ2v) is 9.12. The zero-order chi connectivity index (χ0) is 21.1. The number of likely N-dealkylation sites (N-methyl/N-ethyl adjacent to an activating group) is 1. The first-order valence-electron chi connectivity index (χ1n) is 10.3. The summed E-state index contributed by atoms with van der Waals surface area (Å²) in [5.74, 6) is -0.0278. The van der Waals surface area contributed by atoms with Crippen molar-refractivity contribution in [2.75, 3.05) is 36.9 Å². The number of amides is 1. The van der Waals surface area contributed by atoms with Crippen LogP contribution in [0.15, 0.2) is 48.5 Å². The molecular formula is C23H28N4O2S. The first-order valence-corrected chi connectivity index (χ1v) is 11.1. The highest BCUT2D eigenvalue weighted by atomic mass is 32.1. The van der Waals surface area contributed by atoms with Gasteiger partial charge in [-0.15, -0.1) is 11.3 Å². The van der Waals surface area contributed by atoms with Gasteiger partial charge < -0.3 is 15.0 Å². The van der Waals surface area contributed by atoms with E-state index in [-0.39, 0.29) is 18.1 Å². The average Bonchev–Trinajstić information content (AvgIpc) is 3.09. The molecule has 0 saturated carbocycles. The number of thiazole rings is 1. The Labute approximate surface area is 181 Å². The second kappa shape index (κ2) is 9.12. The Kier molecular flexibility index (Phi) is 6.32. The van der Waals surface area contributed by atoms with Crippen molar-refractivity contribution in [2.45, 2.75) is 32.6 Å². The molecule has 1 fully saturated rings. The summed E-state index contributed by atoms with van der Waals surface area (Å²) in [6, 6.07) is 16.2. The minimum Gasteiger partial charge on any atom is -0.372 e. The minimum atomic E-state index is -0.0278. The topological polar surface area (TPSA) is 57.7 Å². The van der Waals surface area contributed by atoms with E-state index in [4.69, 9.17) is 4.74 Å². The highest BCUT2D eigenvalue weighted by Crippen LogP contribution is 2.23. The quantitative estimate of drug-likeness (QED) is 0.649. The van der Waals surface area contributed by atoms with Gasteiger partial charge in [0.2, 0.25) is 5.91 Å². The van der Waals surface area contributed by atoms with Crippen LogP contribution in [0.2, 0.25) is 0 Å². The van der Waals surface area contributed by atoms with Crippen LogP contribution in [-0.4, -0.2) is 54.7 Å². The molecule has 1 aliphatic heterocycles. The monoisotopic (exact) mass is 424 g/mol. The van der Waals surface area contributed by atoms with Crippen LogP contribution in [0.1, 0.15) is 18.9 Å². The predicted octanol–water partition coefficient (Wildman–Crippen LogP) is 3.98. The number of nitrogens with zero attached hydrogens (tertiary/aromatic N) is 3. The molecule has 0 aliphatic carbocycles. The Morgan fingerprint density at radius 1 is 1.17 bits per heavy atom. The zero-order valence-corrected chi connectivity index (χ0v) is 18.5. The van der Waals surface area contributed by atoms with Gasteiger partial charge in [0.1, 0.15) is 5.01 Å². The summed E-state index contributed by atoms with van der Waals surface area (Å²) in [7, 11) is 1.94. The van der Waals surface area contributed by atoms with E-state index in [2.05, 4.69) is 47.2 Å². The summed E-state index contributed by atoms with van der Waals surface area (Å²) in [6.45, 7) is 6.93. The van der Waals surface area contributed by atoms with E-state index in [9.17, 15) is 4.79 Å². The fourth-order valence-corrected chi connectivity index (χ4v) is 4.91. The molecule has 6 nitrogen and oxygen atoms in total. The molecule has 0 spiro atoms. The number of hydrogen-bond donors (Lipinski definition) is 1. The normalized spacial score (nSPS) is 19.4. The molecule has 2 atom stereocenters. The molecule has 0 bridgehead atoms. The smallest absolute Gasteiger partial charge is 0.238 e. The van der Waals surface area contributed by atoms with Crippen LogP contribution in [0.25, 0.3) is 10.2 Å². The van der Waals surface area contributed by atoms with Gasteiger partial charge in [0.15, 0.2) is 0 Å². The number of nitrogens with one attached hydrogen (secondary N) is 1. The zero-order valence-electron chi connectivity index (χ0n) is 17.7. The maximum atomic E-state index is 12.5. The summed E-state index contributed by atoms with van der Waals surface area (Å²) < 4.78 is 6.98. The number of hydrogen-bond acceptors (Lipinski definition) is 6. The number of anilines is 2. The molecule has 2 unspecified atom stereocenters. The van der Waals surface area contributed by atoms with E-state index >= 15 is 0 Å². The van der Waals surface area contributed by atoms with Crippen LogP contribution < -0.4 is 10.2 Å². The van der Waals surface area contributed by atoms with E-state index < -0.39 is 0 Å². The molecular weight excluding hydrogens is 396 g/mol. The standard InChI is InChI=1S/C23H28N4O2S/c1-16-12-27(13-17(2)29-16)19-10-8-18(9-11-19)24-22(28)14-26(3)15-23-25-20-6-4-5-7-21(20)30-23/h4-11,16-17H,12-15H2,1-3H3,(H,24,28). The van der Waals surface area contributed by atoms with Crippen molar-refractivity contribution in [3.8, 4) is 0 Å². The van der Waals surface area contributed by atoms with Crippen molar-refractivity contribution < 1.29 is 9.53 Å². The van der Waals surface area contributed by atoms with Gasteiger partial charge in [-0.1, -0.05) is 12.1 Å². The maximum Gasteiger partial charge on any atom is 0.238 e. The summed E-state index contributed by atoms with van der Waals surface area (Å²) in [4.78, 5) is 21.4. The SMILES string of the molecule is CC1CN(c2ccc(NC(=O)CN(C)Cc3nc4ccccc4s3)cc2)CC(C)O1. The van der Waals surface area contributed by atoms with Gasteiger partial charge in [0.05, 0.1) is 35.5 Å². The lowest BCUT2D eigenvalue weighted by atomic mass is 10.2. The highest BCUT2D eigenvalue weighted by Gasteiger charge is 2.22. The molecule has 158 valence electrons. The number of para-hydroxylation sites is 1. The number of aromatic nitrogens is 1. The third-order valence-corrected chi connectivity index (χ3v) is 6.11. The predicted molar refractivity (Wildman–Crippen MR) is 123 cm³/mol. The Balaban J connectivity index is 1.30. The van der Waals surface area contributed by atoms with Crippen LogP contribution in [0.3, 0.4) is 0 Å². The lowest BCUT2D eigenvalue weighted by molar-refractivity contribution is -0.117. The van der Waals surface area contributed by atoms with Crippen molar-refractivity contribution in [1.29, 1.82) is 0 Å². The molecule has 1 saturated heterocycles. The number of benzene rings is 2. The van der Waals surface area contributed by atoms with Crippen LogP contribution >= 0.6 is 11.3 Å². The molecule has 2 aromatic carbocycles. The summed E-state index contributed by atoms with van der Waals surface area (Å²) >= 11 is 1.67. The summed E-state index contributed by atoms with van der Waals surface area (Å²) in [5, 5.41) is 4.01. The van der Waals surface area contributed by atoms with E-state index in [1.807, 2.05) is 42.3 Å². The van der Waals surface area contributed by atoms with Gasteiger partial charge >= 0.3 is 0 Å². The molecule has 4 rings (SSSR count). The largest absolute Gasteiger partial charge is 0.372 e. The Bertz CT molecular complexity index is 961. The Morgan fingerprint density at radius 3 is 2.57 bits per heavy atom. The van der Waals surface area contributed by atoms with Crippen LogP contribution in [0, 0.1) is 0 Å². The van der Waals surface area contributed by atoms with Gasteiger partial charge in [-0.3, -0.25) is 9.69 Å². The molecule has 1 aliphatic rings. The van der Waals surface area contributed by atoms with Crippen molar-refractivity contribution in [3.05, 3.63) is 53.5 Å². The lowest BCUT2D eigenvalue weighted by Crippen LogP contribution is -2.45. The van der Waals surface area contributed by atoms with Gasteiger partial charge in [-0.25, -0.2) is 4.98 Å². The number of ether oxygens (including phenoxy) is 1. The maximum absolute atomic E-state index is 12.5. The fourth-order valence-electron chi connectivity index (χ4n) is 3.86. The number of morpholine rings is 1. The first kappa shape index (κ1) is 20.8. The van der Waals surface area contributed by atoms with Crippen molar-refractivity contribution >= 4 is 38.8 Å². The Morgan fingerprint density at radius 2 is 1.87 bits per heavy atom. The molecule has 1 amide bonds. The van der Waals surface area contributed by atoms with Crippen molar-refractivity contribution in [3.63, 3.8) is 0 Å². The van der Waals surface area contributed by atoms with Crippen LogP contribution in [0.5, 0.6) is 0 Å². The third kappa shape index (κ3) is 5.16. The van der Waals surface area contributed by atoms with Gasteiger partial charge in [-0.05, 0) is 57.3 Å². The van der Waals surface area contributed by atoms with Gasteiger partial charge in [0, 0.05) is 24.5 Å². The summed E-state index contributed by atoms with van der Waals surface area (Å²) in [5.41, 5.74) is 2.98. The number of fused-ring (bicyclic) bond motifs is 1. The van der Waals surface area contributed by atoms with E-state index in [1.54, 1.807) is 11.3 Å². The average molecular weight is 425 g/mol. The van der Waals surface area contributed by atoms with E-state index in [0.717, 1.165) is 35.0 Å². The fraction of sp³-hybridized carbons (Fsp3) is 0.391. The van der Waals surface area contributed by atoms with Gasteiger partial charge in [-0.2, -0.15) is 0 Å². The highest BCUT2D eigenvalue weighted by molar-refractivity contribution is 7.18. The van der Waals surface area contributed by atoms with E-state index in [0.29, 0.717) is 13.1 Å². The molecule has 30 heavy (non-hydrogen) atoms. The number of carbonyl (C=O) groups is 1. The first-order chi connectivity index (χ1) is 14.5. The molecule has 3 aromatic rings. The molecule has 7 heteroatoms. The van der Waals surface area contributed by atoms with Crippen molar-refractivity contribution in [2.24, 2.45) is 0 Å².